The lowest BCUT2D eigenvalue weighted by molar-refractivity contribution is 0.289. The second kappa shape index (κ2) is 5.51. The van der Waals surface area contributed by atoms with E-state index in [9.17, 15) is 4.39 Å². The molecule has 6 heteroatoms. The van der Waals surface area contributed by atoms with E-state index in [-0.39, 0.29) is 18.3 Å². The first kappa shape index (κ1) is 11.7. The average Bonchev–Trinajstić information content (AvgIpc) is 2.78. The van der Waals surface area contributed by atoms with Gasteiger partial charge in [-0.15, -0.1) is 10.2 Å². The van der Waals surface area contributed by atoms with Gasteiger partial charge in [0.15, 0.2) is 0 Å². The molecule has 0 aliphatic rings. The quantitative estimate of drug-likeness (QED) is 0.758. The minimum atomic E-state index is -0.347. The fourth-order valence-corrected chi connectivity index (χ4v) is 1.34. The summed E-state index contributed by atoms with van der Waals surface area (Å²) in [6.07, 6.45) is 0. The van der Waals surface area contributed by atoms with Gasteiger partial charge >= 0.3 is 0 Å². The SMILES string of the molecule is OCCNCc1nnc(-c2cccc(F)c2)o1. The van der Waals surface area contributed by atoms with Crippen LogP contribution in [0.5, 0.6) is 0 Å². The van der Waals surface area contributed by atoms with Crippen molar-refractivity contribution in [3.05, 3.63) is 36.0 Å². The second-order valence-corrected chi connectivity index (χ2v) is 3.41. The average molecular weight is 237 g/mol. The van der Waals surface area contributed by atoms with Crippen LogP contribution in [0.25, 0.3) is 11.5 Å². The number of hydrogen-bond donors (Lipinski definition) is 2. The van der Waals surface area contributed by atoms with Gasteiger partial charge in [0.25, 0.3) is 0 Å². The van der Waals surface area contributed by atoms with Crippen LogP contribution in [-0.2, 0) is 6.54 Å². The van der Waals surface area contributed by atoms with Crippen molar-refractivity contribution in [3.8, 4) is 11.5 Å². The third-order valence-corrected chi connectivity index (χ3v) is 2.10. The number of nitrogens with one attached hydrogen (secondary N) is 1. The molecule has 0 saturated heterocycles. The molecule has 0 saturated carbocycles. The first-order chi connectivity index (χ1) is 8.29. The molecule has 5 nitrogen and oxygen atoms in total. The van der Waals surface area contributed by atoms with Gasteiger partial charge in [-0.3, -0.25) is 0 Å². The van der Waals surface area contributed by atoms with Crippen LogP contribution in [0.4, 0.5) is 4.39 Å². The van der Waals surface area contributed by atoms with Crippen molar-refractivity contribution in [3.63, 3.8) is 0 Å². The number of benzene rings is 1. The van der Waals surface area contributed by atoms with Crippen LogP contribution in [0.2, 0.25) is 0 Å². The Morgan fingerprint density at radius 1 is 1.35 bits per heavy atom. The van der Waals surface area contributed by atoms with Crippen molar-refractivity contribution >= 4 is 0 Å². The molecule has 0 aliphatic carbocycles. The predicted molar refractivity (Wildman–Crippen MR) is 58.5 cm³/mol. The first-order valence-electron chi connectivity index (χ1n) is 5.19. The highest BCUT2D eigenvalue weighted by atomic mass is 19.1. The van der Waals surface area contributed by atoms with E-state index >= 15 is 0 Å². The normalized spacial score (nSPS) is 10.7. The lowest BCUT2D eigenvalue weighted by atomic mass is 10.2. The molecule has 0 unspecified atom stereocenters. The van der Waals surface area contributed by atoms with Crippen molar-refractivity contribution in [2.75, 3.05) is 13.2 Å². The summed E-state index contributed by atoms with van der Waals surface area (Å²) in [5.74, 6) is 0.337. The smallest absolute Gasteiger partial charge is 0.247 e. The van der Waals surface area contributed by atoms with Gasteiger partial charge in [-0.25, -0.2) is 4.39 Å². The highest BCUT2D eigenvalue weighted by Crippen LogP contribution is 2.18. The van der Waals surface area contributed by atoms with Crippen molar-refractivity contribution in [1.29, 1.82) is 0 Å². The maximum absolute atomic E-state index is 13.0. The summed E-state index contributed by atoms with van der Waals surface area (Å²) in [7, 11) is 0. The Labute approximate surface area is 97.3 Å². The molecule has 0 fully saturated rings. The highest BCUT2D eigenvalue weighted by Gasteiger charge is 2.08. The maximum Gasteiger partial charge on any atom is 0.247 e. The molecule has 90 valence electrons. The molecule has 1 aromatic heterocycles. The topological polar surface area (TPSA) is 71.2 Å². The minimum Gasteiger partial charge on any atom is -0.419 e. The Hall–Kier alpha value is -1.79. The number of aliphatic hydroxyl groups is 1. The summed E-state index contributed by atoms with van der Waals surface area (Å²) in [4.78, 5) is 0. The third kappa shape index (κ3) is 3.08. The zero-order valence-corrected chi connectivity index (χ0v) is 9.06. The van der Waals surface area contributed by atoms with Gasteiger partial charge < -0.3 is 14.8 Å². The first-order valence-corrected chi connectivity index (χ1v) is 5.19. The van der Waals surface area contributed by atoms with Crippen molar-refractivity contribution in [1.82, 2.24) is 15.5 Å². The highest BCUT2D eigenvalue weighted by molar-refractivity contribution is 5.52. The third-order valence-electron chi connectivity index (χ3n) is 2.10. The van der Waals surface area contributed by atoms with Crippen molar-refractivity contribution in [2.24, 2.45) is 0 Å². The van der Waals surface area contributed by atoms with Gasteiger partial charge in [-0.05, 0) is 18.2 Å². The molecule has 2 N–H and O–H groups in total. The molecule has 1 aromatic carbocycles. The van der Waals surface area contributed by atoms with Crippen LogP contribution in [0.15, 0.2) is 28.7 Å². The Balaban J connectivity index is 2.07. The van der Waals surface area contributed by atoms with E-state index in [0.29, 0.717) is 24.5 Å². The number of aliphatic hydroxyl groups excluding tert-OH is 1. The largest absolute Gasteiger partial charge is 0.419 e. The Kier molecular flexibility index (Phi) is 3.79. The molecule has 2 aromatic rings. The van der Waals surface area contributed by atoms with E-state index in [0.717, 1.165) is 0 Å². The van der Waals surface area contributed by atoms with Crippen molar-refractivity contribution < 1.29 is 13.9 Å². The van der Waals surface area contributed by atoms with E-state index < -0.39 is 0 Å². The maximum atomic E-state index is 13.0. The summed E-state index contributed by atoms with van der Waals surface area (Å²) in [5, 5.41) is 19.1. The van der Waals surface area contributed by atoms with Gasteiger partial charge in [-0.1, -0.05) is 6.07 Å². The lowest BCUT2D eigenvalue weighted by Crippen LogP contribution is -2.17. The van der Waals surface area contributed by atoms with Crippen LogP contribution in [-0.4, -0.2) is 28.5 Å². The zero-order valence-electron chi connectivity index (χ0n) is 9.06. The summed E-state index contributed by atoms with van der Waals surface area (Å²) < 4.78 is 18.3. The Morgan fingerprint density at radius 3 is 3.00 bits per heavy atom. The molecular formula is C11H12FN3O2. The fourth-order valence-electron chi connectivity index (χ4n) is 1.34. The van der Waals surface area contributed by atoms with Crippen molar-refractivity contribution in [2.45, 2.75) is 6.54 Å². The summed E-state index contributed by atoms with van der Waals surface area (Å²) >= 11 is 0. The van der Waals surface area contributed by atoms with E-state index in [4.69, 9.17) is 9.52 Å². The van der Waals surface area contributed by atoms with Crippen LogP contribution in [0.3, 0.4) is 0 Å². The molecule has 0 amide bonds. The van der Waals surface area contributed by atoms with E-state index in [2.05, 4.69) is 15.5 Å². The van der Waals surface area contributed by atoms with E-state index in [1.54, 1.807) is 12.1 Å². The van der Waals surface area contributed by atoms with Crippen LogP contribution in [0, 0.1) is 5.82 Å². The predicted octanol–water partition coefficient (Wildman–Crippen LogP) is 0.958. The van der Waals surface area contributed by atoms with Gasteiger partial charge in [-0.2, -0.15) is 0 Å². The van der Waals surface area contributed by atoms with Gasteiger partial charge in [0.2, 0.25) is 11.8 Å². The van der Waals surface area contributed by atoms with E-state index in [1.165, 1.54) is 12.1 Å². The molecule has 17 heavy (non-hydrogen) atoms. The fraction of sp³-hybridized carbons (Fsp3) is 0.273. The Bertz CT molecular complexity index is 487. The van der Waals surface area contributed by atoms with Gasteiger partial charge in [0.05, 0.1) is 13.2 Å². The standard InChI is InChI=1S/C11H12FN3O2/c12-9-3-1-2-8(6-9)11-15-14-10(17-11)7-13-4-5-16/h1-3,6,13,16H,4-5,7H2. The second-order valence-electron chi connectivity index (χ2n) is 3.41. The number of rotatable bonds is 5. The minimum absolute atomic E-state index is 0.0465. The summed E-state index contributed by atoms with van der Waals surface area (Å²) in [6, 6.07) is 5.96. The Morgan fingerprint density at radius 2 is 2.24 bits per heavy atom. The number of nitrogens with zero attached hydrogens (tertiary/aromatic N) is 2. The van der Waals surface area contributed by atoms with E-state index in [1.807, 2.05) is 0 Å². The van der Waals surface area contributed by atoms with Crippen LogP contribution >= 0.6 is 0 Å². The number of hydrogen-bond acceptors (Lipinski definition) is 5. The monoisotopic (exact) mass is 237 g/mol. The molecule has 0 bridgehead atoms. The van der Waals surface area contributed by atoms with Gasteiger partial charge in [0.1, 0.15) is 5.82 Å². The summed E-state index contributed by atoms with van der Waals surface area (Å²) in [6.45, 7) is 0.880. The molecule has 2 rings (SSSR count). The molecule has 0 atom stereocenters. The zero-order chi connectivity index (χ0) is 12.1. The van der Waals surface area contributed by atoms with Crippen LogP contribution in [0.1, 0.15) is 5.89 Å². The molecule has 0 spiro atoms. The van der Waals surface area contributed by atoms with Gasteiger partial charge in [0, 0.05) is 12.1 Å². The lowest BCUT2D eigenvalue weighted by Gasteiger charge is -1.96. The molecule has 0 aliphatic heterocycles. The molecule has 1 heterocycles. The number of halogens is 1. The summed E-state index contributed by atoms with van der Waals surface area (Å²) in [5.41, 5.74) is 0.547. The molecular weight excluding hydrogens is 225 g/mol. The van der Waals surface area contributed by atoms with Crippen LogP contribution < -0.4 is 5.32 Å². The molecule has 0 radical (unpaired) electrons. The number of aromatic nitrogens is 2.